The predicted octanol–water partition coefficient (Wildman–Crippen LogP) is 1.23. The van der Waals surface area contributed by atoms with Crippen LogP contribution in [0.15, 0.2) is 24.4 Å². The molecule has 0 aliphatic heterocycles. The Labute approximate surface area is 83.2 Å². The van der Waals surface area contributed by atoms with Crippen molar-refractivity contribution in [2.24, 2.45) is 5.73 Å². The monoisotopic (exact) mass is 193 g/mol. The van der Waals surface area contributed by atoms with Crippen molar-refractivity contribution in [1.29, 1.82) is 0 Å². The van der Waals surface area contributed by atoms with Crippen LogP contribution in [0.4, 0.5) is 5.82 Å². The molecule has 0 unspecified atom stereocenters. The fourth-order valence-electron chi connectivity index (χ4n) is 1.14. The van der Waals surface area contributed by atoms with Crippen LogP contribution in [0.1, 0.15) is 11.3 Å². The summed E-state index contributed by atoms with van der Waals surface area (Å²) in [5, 5.41) is 0. The standard InChI is InChI=1S/C10H15N3O/c1-3-8(11)4-7-5-9(6-14-2)13-10(7)12/h3-5,13H,1,6,11-12H2,2H3/b8-4+. The molecule has 4 nitrogen and oxygen atoms in total. The van der Waals surface area contributed by atoms with Crippen molar-refractivity contribution in [1.82, 2.24) is 4.98 Å². The first-order chi connectivity index (χ1) is 6.67. The van der Waals surface area contributed by atoms with Gasteiger partial charge in [-0.3, -0.25) is 0 Å². The lowest BCUT2D eigenvalue weighted by atomic mass is 10.2. The lowest BCUT2D eigenvalue weighted by molar-refractivity contribution is 0.182. The minimum absolute atomic E-state index is 0.506. The van der Waals surface area contributed by atoms with Crippen LogP contribution < -0.4 is 11.5 Å². The Morgan fingerprint density at radius 2 is 2.43 bits per heavy atom. The lowest BCUT2D eigenvalue weighted by Crippen LogP contribution is -1.93. The molecule has 0 fully saturated rings. The molecule has 0 aliphatic carbocycles. The summed E-state index contributed by atoms with van der Waals surface area (Å²) in [7, 11) is 1.63. The Hall–Kier alpha value is -1.68. The number of hydrogen-bond donors (Lipinski definition) is 3. The SMILES string of the molecule is C=C/C(N)=C\c1cc(COC)[nH]c1N. The molecule has 0 amide bonds. The van der Waals surface area contributed by atoms with E-state index in [1.807, 2.05) is 6.07 Å². The summed E-state index contributed by atoms with van der Waals surface area (Å²) in [5.74, 6) is 0.585. The van der Waals surface area contributed by atoms with E-state index in [0.717, 1.165) is 11.3 Å². The highest BCUT2D eigenvalue weighted by molar-refractivity contribution is 5.65. The molecule has 0 saturated carbocycles. The van der Waals surface area contributed by atoms with E-state index in [0.29, 0.717) is 18.1 Å². The highest BCUT2D eigenvalue weighted by atomic mass is 16.5. The highest BCUT2D eigenvalue weighted by Gasteiger charge is 2.02. The molecule has 14 heavy (non-hydrogen) atoms. The van der Waals surface area contributed by atoms with E-state index in [-0.39, 0.29) is 0 Å². The van der Waals surface area contributed by atoms with Crippen LogP contribution in [0.3, 0.4) is 0 Å². The van der Waals surface area contributed by atoms with Gasteiger partial charge in [0.15, 0.2) is 0 Å². The molecule has 0 radical (unpaired) electrons. The van der Waals surface area contributed by atoms with E-state index in [4.69, 9.17) is 16.2 Å². The average Bonchev–Trinajstić information content (AvgIpc) is 2.47. The molecule has 4 heteroatoms. The van der Waals surface area contributed by atoms with Gasteiger partial charge in [0.2, 0.25) is 0 Å². The smallest absolute Gasteiger partial charge is 0.108 e. The van der Waals surface area contributed by atoms with Gasteiger partial charge in [0.1, 0.15) is 5.82 Å². The molecule has 0 saturated heterocycles. The molecule has 76 valence electrons. The number of allylic oxidation sites excluding steroid dienone is 1. The van der Waals surface area contributed by atoms with Crippen molar-refractivity contribution in [2.45, 2.75) is 6.61 Å². The number of ether oxygens (including phenoxy) is 1. The second kappa shape index (κ2) is 4.53. The molecule has 0 spiro atoms. The molecule has 0 atom stereocenters. The molecule has 0 bridgehead atoms. The molecule has 5 N–H and O–H groups in total. The van der Waals surface area contributed by atoms with Crippen LogP contribution in [-0.4, -0.2) is 12.1 Å². The second-order valence-corrected chi connectivity index (χ2v) is 2.95. The average molecular weight is 193 g/mol. The largest absolute Gasteiger partial charge is 0.399 e. The Balaban J connectivity index is 2.92. The number of anilines is 1. The summed E-state index contributed by atoms with van der Waals surface area (Å²) < 4.78 is 4.97. The summed E-state index contributed by atoms with van der Waals surface area (Å²) in [6.45, 7) is 4.07. The molecular formula is C10H15N3O. The Bertz CT molecular complexity index is 352. The number of nitrogens with two attached hydrogens (primary N) is 2. The van der Waals surface area contributed by atoms with E-state index in [2.05, 4.69) is 11.6 Å². The topological polar surface area (TPSA) is 77.1 Å². The Kier molecular flexibility index (Phi) is 3.36. The number of aromatic nitrogens is 1. The number of aromatic amines is 1. The third-order valence-electron chi connectivity index (χ3n) is 1.79. The zero-order valence-electron chi connectivity index (χ0n) is 8.21. The third kappa shape index (κ3) is 2.40. The van der Waals surface area contributed by atoms with E-state index in [1.54, 1.807) is 19.3 Å². The molecule has 1 rings (SSSR count). The van der Waals surface area contributed by atoms with Gasteiger partial charge in [0, 0.05) is 24.1 Å². The van der Waals surface area contributed by atoms with Crippen LogP contribution >= 0.6 is 0 Å². The fraction of sp³-hybridized carbons (Fsp3) is 0.200. The molecule has 1 aromatic heterocycles. The van der Waals surface area contributed by atoms with Gasteiger partial charge in [-0.25, -0.2) is 0 Å². The molecule has 1 aromatic rings. The molecule has 0 aromatic carbocycles. The summed E-state index contributed by atoms with van der Waals surface area (Å²) in [6, 6.07) is 1.90. The highest BCUT2D eigenvalue weighted by Crippen LogP contribution is 2.16. The number of nitrogens with one attached hydrogen (secondary N) is 1. The zero-order valence-corrected chi connectivity index (χ0v) is 8.21. The van der Waals surface area contributed by atoms with Crippen LogP contribution in [0, 0.1) is 0 Å². The Morgan fingerprint density at radius 1 is 1.71 bits per heavy atom. The van der Waals surface area contributed by atoms with Crippen molar-refractivity contribution in [2.75, 3.05) is 12.8 Å². The lowest BCUT2D eigenvalue weighted by Gasteiger charge is -1.92. The number of hydrogen-bond acceptors (Lipinski definition) is 3. The van der Waals surface area contributed by atoms with Crippen LogP contribution in [0.2, 0.25) is 0 Å². The minimum Gasteiger partial charge on any atom is -0.399 e. The van der Waals surface area contributed by atoms with Gasteiger partial charge in [-0.15, -0.1) is 0 Å². The van der Waals surface area contributed by atoms with Gasteiger partial charge >= 0.3 is 0 Å². The predicted molar refractivity (Wildman–Crippen MR) is 58.3 cm³/mol. The Morgan fingerprint density at radius 3 is 3.00 bits per heavy atom. The van der Waals surface area contributed by atoms with Gasteiger partial charge in [0.25, 0.3) is 0 Å². The molecular weight excluding hydrogens is 178 g/mol. The number of methoxy groups -OCH3 is 1. The number of nitrogen functional groups attached to an aromatic ring is 1. The first-order valence-corrected chi connectivity index (χ1v) is 4.23. The van der Waals surface area contributed by atoms with Crippen molar-refractivity contribution >= 4 is 11.9 Å². The number of H-pyrrole nitrogens is 1. The van der Waals surface area contributed by atoms with Crippen molar-refractivity contribution in [3.8, 4) is 0 Å². The minimum atomic E-state index is 0.506. The fourth-order valence-corrected chi connectivity index (χ4v) is 1.14. The van der Waals surface area contributed by atoms with E-state index in [9.17, 15) is 0 Å². The van der Waals surface area contributed by atoms with Crippen LogP contribution in [0.5, 0.6) is 0 Å². The van der Waals surface area contributed by atoms with Crippen LogP contribution in [-0.2, 0) is 11.3 Å². The normalized spacial score (nSPS) is 11.6. The summed E-state index contributed by atoms with van der Waals surface area (Å²) >= 11 is 0. The first kappa shape index (κ1) is 10.4. The van der Waals surface area contributed by atoms with E-state index < -0.39 is 0 Å². The van der Waals surface area contributed by atoms with Gasteiger partial charge in [-0.05, 0) is 18.2 Å². The van der Waals surface area contributed by atoms with Crippen molar-refractivity contribution < 1.29 is 4.74 Å². The third-order valence-corrected chi connectivity index (χ3v) is 1.79. The van der Waals surface area contributed by atoms with E-state index >= 15 is 0 Å². The maximum absolute atomic E-state index is 5.73. The van der Waals surface area contributed by atoms with Crippen molar-refractivity contribution in [3.63, 3.8) is 0 Å². The maximum Gasteiger partial charge on any atom is 0.108 e. The van der Waals surface area contributed by atoms with Gasteiger partial charge < -0.3 is 21.2 Å². The summed E-state index contributed by atoms with van der Waals surface area (Å²) in [5.41, 5.74) is 13.7. The quantitative estimate of drug-likeness (QED) is 0.629. The van der Waals surface area contributed by atoms with Gasteiger partial charge in [0.05, 0.1) is 6.61 Å². The number of rotatable bonds is 4. The summed E-state index contributed by atoms with van der Waals surface area (Å²) in [4.78, 5) is 2.99. The van der Waals surface area contributed by atoms with Gasteiger partial charge in [-0.2, -0.15) is 0 Å². The van der Waals surface area contributed by atoms with Crippen LogP contribution in [0.25, 0.3) is 6.08 Å². The first-order valence-electron chi connectivity index (χ1n) is 4.23. The van der Waals surface area contributed by atoms with E-state index in [1.165, 1.54) is 0 Å². The zero-order chi connectivity index (χ0) is 10.6. The maximum atomic E-state index is 5.73. The summed E-state index contributed by atoms with van der Waals surface area (Å²) in [6.07, 6.45) is 3.33. The van der Waals surface area contributed by atoms with Gasteiger partial charge in [-0.1, -0.05) is 6.58 Å². The second-order valence-electron chi connectivity index (χ2n) is 2.95. The molecule has 1 heterocycles. The van der Waals surface area contributed by atoms with Crippen molar-refractivity contribution in [3.05, 3.63) is 35.7 Å². The molecule has 0 aliphatic rings.